The Balaban J connectivity index is 1.55. The third kappa shape index (κ3) is 4.04. The second-order valence-corrected chi connectivity index (χ2v) is 8.70. The number of hydrazine groups is 2. The summed E-state index contributed by atoms with van der Waals surface area (Å²) in [5.41, 5.74) is 12.2. The first-order valence-corrected chi connectivity index (χ1v) is 10.0. The predicted molar refractivity (Wildman–Crippen MR) is 119 cm³/mol. The Labute approximate surface area is 181 Å². The van der Waals surface area contributed by atoms with E-state index < -0.39 is 0 Å². The SMILES string of the molecule is Cc1ccc(C(=O)Nc2cc(C(C)(C)C)no2)cc1N1C=C(c2cnn(C)c2C)NN1. The molecule has 162 valence electrons. The molecule has 0 fully saturated rings. The lowest BCUT2D eigenvalue weighted by atomic mass is 9.92. The molecule has 1 aliphatic heterocycles. The molecule has 0 saturated heterocycles. The van der Waals surface area contributed by atoms with Crippen molar-refractivity contribution in [1.82, 2.24) is 25.9 Å². The summed E-state index contributed by atoms with van der Waals surface area (Å²) in [5.74, 6) is 0.0598. The third-order valence-corrected chi connectivity index (χ3v) is 5.34. The monoisotopic (exact) mass is 421 g/mol. The number of hydrogen-bond acceptors (Lipinski definition) is 7. The van der Waals surface area contributed by atoms with Gasteiger partial charge in [-0.3, -0.25) is 19.8 Å². The zero-order valence-electron chi connectivity index (χ0n) is 18.6. The third-order valence-electron chi connectivity index (χ3n) is 5.34. The van der Waals surface area contributed by atoms with Crippen molar-refractivity contribution in [3.8, 4) is 0 Å². The number of aryl methyl sites for hydroxylation is 2. The molecule has 9 nitrogen and oxygen atoms in total. The van der Waals surface area contributed by atoms with Crippen molar-refractivity contribution in [2.75, 3.05) is 10.3 Å². The normalized spacial score (nSPS) is 13.9. The molecule has 3 N–H and O–H groups in total. The maximum absolute atomic E-state index is 12.8. The number of hydrogen-bond donors (Lipinski definition) is 3. The first-order valence-electron chi connectivity index (χ1n) is 10.0. The van der Waals surface area contributed by atoms with E-state index >= 15 is 0 Å². The summed E-state index contributed by atoms with van der Waals surface area (Å²) in [7, 11) is 1.91. The number of aromatic nitrogens is 3. The standard InChI is InChI=1S/C22H27N7O2/c1-13-7-8-15(21(30)24-20-10-19(26-31-20)22(3,4)5)9-18(13)29-12-17(25-27-29)16-11-23-28(6)14(16)2/h7-12,25,27H,1-6H3,(H,24,30). The highest BCUT2D eigenvalue weighted by atomic mass is 16.5. The van der Waals surface area contributed by atoms with Gasteiger partial charge in [-0.05, 0) is 31.5 Å². The van der Waals surface area contributed by atoms with Gasteiger partial charge < -0.3 is 9.95 Å². The van der Waals surface area contributed by atoms with Crippen LogP contribution in [0.5, 0.6) is 0 Å². The Morgan fingerprint density at radius 2 is 1.97 bits per heavy atom. The van der Waals surface area contributed by atoms with E-state index in [1.54, 1.807) is 12.1 Å². The molecule has 0 atom stereocenters. The molecule has 0 bridgehead atoms. The van der Waals surface area contributed by atoms with Gasteiger partial charge in [-0.1, -0.05) is 32.0 Å². The Morgan fingerprint density at radius 3 is 2.61 bits per heavy atom. The Morgan fingerprint density at radius 1 is 1.19 bits per heavy atom. The number of rotatable bonds is 4. The summed E-state index contributed by atoms with van der Waals surface area (Å²) in [6.07, 6.45) is 3.76. The van der Waals surface area contributed by atoms with Gasteiger partial charge in [-0.2, -0.15) is 5.10 Å². The van der Waals surface area contributed by atoms with Crippen molar-refractivity contribution in [1.29, 1.82) is 0 Å². The fourth-order valence-corrected chi connectivity index (χ4v) is 3.23. The van der Waals surface area contributed by atoms with Crippen LogP contribution in [0.4, 0.5) is 11.6 Å². The lowest BCUT2D eigenvalue weighted by Crippen LogP contribution is -2.36. The van der Waals surface area contributed by atoms with E-state index in [0.29, 0.717) is 11.4 Å². The van der Waals surface area contributed by atoms with Crippen LogP contribution in [-0.4, -0.2) is 20.8 Å². The van der Waals surface area contributed by atoms with Crippen molar-refractivity contribution in [2.24, 2.45) is 7.05 Å². The Hall–Kier alpha value is -3.59. The van der Waals surface area contributed by atoms with Gasteiger partial charge in [0, 0.05) is 41.5 Å². The summed E-state index contributed by atoms with van der Waals surface area (Å²) >= 11 is 0. The summed E-state index contributed by atoms with van der Waals surface area (Å²) in [4.78, 5) is 12.8. The number of carbonyl (C=O) groups is 1. The number of carbonyl (C=O) groups excluding carboxylic acids is 1. The highest BCUT2D eigenvalue weighted by Gasteiger charge is 2.22. The maximum atomic E-state index is 12.8. The minimum absolute atomic E-state index is 0.158. The second-order valence-electron chi connectivity index (χ2n) is 8.70. The molecular weight excluding hydrogens is 394 g/mol. The average molecular weight is 422 g/mol. The molecule has 9 heteroatoms. The van der Waals surface area contributed by atoms with Crippen molar-refractivity contribution >= 4 is 23.2 Å². The lowest BCUT2D eigenvalue weighted by Gasteiger charge is -2.18. The van der Waals surface area contributed by atoms with E-state index in [-0.39, 0.29) is 11.3 Å². The number of anilines is 2. The molecule has 0 unspecified atom stereocenters. The zero-order valence-corrected chi connectivity index (χ0v) is 18.6. The average Bonchev–Trinajstić information content (AvgIpc) is 3.43. The van der Waals surface area contributed by atoms with Gasteiger partial charge in [0.05, 0.1) is 23.3 Å². The van der Waals surface area contributed by atoms with E-state index in [0.717, 1.165) is 33.9 Å². The fraction of sp³-hybridized carbons (Fsp3) is 0.318. The predicted octanol–water partition coefficient (Wildman–Crippen LogP) is 3.40. The molecule has 2 aromatic heterocycles. The minimum atomic E-state index is -0.266. The summed E-state index contributed by atoms with van der Waals surface area (Å²) in [6.45, 7) is 10.1. The molecule has 4 rings (SSSR count). The zero-order chi connectivity index (χ0) is 22.3. The first kappa shape index (κ1) is 20.7. The van der Waals surface area contributed by atoms with Crippen molar-refractivity contribution < 1.29 is 9.32 Å². The second kappa shape index (κ2) is 7.59. The highest BCUT2D eigenvalue weighted by Crippen LogP contribution is 2.27. The van der Waals surface area contributed by atoms with Gasteiger partial charge in [0.25, 0.3) is 5.91 Å². The molecule has 3 heterocycles. The van der Waals surface area contributed by atoms with Crippen LogP contribution in [0, 0.1) is 13.8 Å². The number of benzene rings is 1. The van der Waals surface area contributed by atoms with Gasteiger partial charge in [-0.15, -0.1) is 5.53 Å². The van der Waals surface area contributed by atoms with Crippen LogP contribution in [0.25, 0.3) is 5.70 Å². The number of nitrogens with one attached hydrogen (secondary N) is 3. The van der Waals surface area contributed by atoms with Crippen LogP contribution < -0.4 is 21.3 Å². The van der Waals surface area contributed by atoms with Crippen LogP contribution in [0.1, 0.15) is 53.6 Å². The van der Waals surface area contributed by atoms with Gasteiger partial charge in [-0.25, -0.2) is 0 Å². The maximum Gasteiger partial charge on any atom is 0.258 e. The van der Waals surface area contributed by atoms with Crippen molar-refractivity contribution in [3.05, 3.63) is 64.7 Å². The van der Waals surface area contributed by atoms with Crippen molar-refractivity contribution in [3.63, 3.8) is 0 Å². The molecule has 0 radical (unpaired) electrons. The topological polar surface area (TPSA) is 100 Å². The van der Waals surface area contributed by atoms with Crippen LogP contribution in [0.2, 0.25) is 0 Å². The van der Waals surface area contributed by atoms with E-state index in [4.69, 9.17) is 4.52 Å². The molecule has 1 amide bonds. The quantitative estimate of drug-likeness (QED) is 0.594. The molecule has 0 spiro atoms. The summed E-state index contributed by atoms with van der Waals surface area (Å²) < 4.78 is 7.11. The largest absolute Gasteiger partial charge is 0.338 e. The highest BCUT2D eigenvalue weighted by molar-refractivity contribution is 6.04. The molecule has 31 heavy (non-hydrogen) atoms. The van der Waals surface area contributed by atoms with Gasteiger partial charge in [0.15, 0.2) is 0 Å². The first-order chi connectivity index (χ1) is 14.6. The Kier molecular flexibility index (Phi) is 5.06. The van der Waals surface area contributed by atoms with E-state index in [2.05, 4.69) is 26.5 Å². The molecule has 1 aromatic carbocycles. The lowest BCUT2D eigenvalue weighted by molar-refractivity contribution is 0.102. The number of amides is 1. The summed E-state index contributed by atoms with van der Waals surface area (Å²) in [6, 6.07) is 7.28. The van der Waals surface area contributed by atoms with Crippen LogP contribution in [0.3, 0.4) is 0 Å². The van der Waals surface area contributed by atoms with Crippen LogP contribution in [0.15, 0.2) is 41.2 Å². The van der Waals surface area contributed by atoms with Gasteiger partial charge in [0.1, 0.15) is 0 Å². The van der Waals surface area contributed by atoms with Gasteiger partial charge >= 0.3 is 0 Å². The Bertz CT molecular complexity index is 1170. The van der Waals surface area contributed by atoms with Gasteiger partial charge in [0.2, 0.25) is 5.88 Å². The molecule has 0 saturated carbocycles. The number of nitrogens with zero attached hydrogens (tertiary/aromatic N) is 4. The molecule has 0 aliphatic carbocycles. The molecule has 3 aromatic rings. The summed E-state index contributed by atoms with van der Waals surface area (Å²) in [5, 5.41) is 13.0. The van der Waals surface area contributed by atoms with E-state index in [1.807, 2.05) is 75.9 Å². The molecule has 1 aliphatic rings. The van der Waals surface area contributed by atoms with E-state index in [1.165, 1.54) is 0 Å². The van der Waals surface area contributed by atoms with Crippen molar-refractivity contribution in [2.45, 2.75) is 40.0 Å². The van der Waals surface area contributed by atoms with Crippen LogP contribution >= 0.6 is 0 Å². The smallest absolute Gasteiger partial charge is 0.258 e. The van der Waals surface area contributed by atoms with E-state index in [9.17, 15) is 4.79 Å². The fourth-order valence-electron chi connectivity index (χ4n) is 3.23. The molecular formula is C22H27N7O2. The minimum Gasteiger partial charge on any atom is -0.338 e. The van der Waals surface area contributed by atoms with Crippen LogP contribution in [-0.2, 0) is 12.5 Å².